The van der Waals surface area contributed by atoms with Gasteiger partial charge >= 0.3 is 6.61 Å². The standard InChI is InChI=1S/C12H13F2N3O/c1-17-5-4-9(8-17)6-15-11-3-2-10(7-16-11)18-12(13)14/h2-5,7-8,12H,6H2,1H3,(H,15,16). The molecular weight excluding hydrogens is 240 g/mol. The van der Waals surface area contributed by atoms with E-state index in [1.54, 1.807) is 6.07 Å². The molecule has 0 spiro atoms. The maximum atomic E-state index is 11.9. The maximum absolute atomic E-state index is 11.9. The van der Waals surface area contributed by atoms with Crippen LogP contribution in [0.4, 0.5) is 14.6 Å². The summed E-state index contributed by atoms with van der Waals surface area (Å²) in [5, 5.41) is 3.09. The summed E-state index contributed by atoms with van der Waals surface area (Å²) >= 11 is 0. The molecule has 0 radical (unpaired) electrons. The number of rotatable bonds is 5. The lowest BCUT2D eigenvalue weighted by Crippen LogP contribution is -2.04. The van der Waals surface area contributed by atoms with E-state index in [1.165, 1.54) is 12.3 Å². The van der Waals surface area contributed by atoms with Crippen LogP contribution in [0.3, 0.4) is 0 Å². The minimum atomic E-state index is -2.82. The molecule has 6 heteroatoms. The van der Waals surface area contributed by atoms with Gasteiger partial charge in [-0.15, -0.1) is 0 Å². The Morgan fingerprint density at radius 3 is 2.78 bits per heavy atom. The number of ether oxygens (including phenoxy) is 1. The number of nitrogens with one attached hydrogen (secondary N) is 1. The maximum Gasteiger partial charge on any atom is 0.387 e. The minimum Gasteiger partial charge on any atom is -0.433 e. The van der Waals surface area contributed by atoms with Crippen LogP contribution in [-0.4, -0.2) is 16.2 Å². The van der Waals surface area contributed by atoms with Crippen molar-refractivity contribution >= 4 is 5.82 Å². The monoisotopic (exact) mass is 253 g/mol. The fourth-order valence-electron chi connectivity index (χ4n) is 1.52. The third-order valence-electron chi connectivity index (χ3n) is 2.33. The summed E-state index contributed by atoms with van der Waals surface area (Å²) in [6.07, 6.45) is 5.20. The van der Waals surface area contributed by atoms with Crippen LogP contribution in [0.15, 0.2) is 36.8 Å². The number of hydrogen-bond donors (Lipinski definition) is 1. The molecule has 2 aromatic heterocycles. The highest BCUT2D eigenvalue weighted by Gasteiger charge is 2.04. The zero-order valence-electron chi connectivity index (χ0n) is 9.81. The van der Waals surface area contributed by atoms with E-state index in [9.17, 15) is 8.78 Å². The summed E-state index contributed by atoms with van der Waals surface area (Å²) in [4.78, 5) is 3.98. The highest BCUT2D eigenvalue weighted by molar-refractivity contribution is 5.38. The van der Waals surface area contributed by atoms with E-state index < -0.39 is 6.61 Å². The highest BCUT2D eigenvalue weighted by Crippen LogP contribution is 2.15. The first kappa shape index (κ1) is 12.3. The normalized spacial score (nSPS) is 10.7. The Hall–Kier alpha value is -2.11. The van der Waals surface area contributed by atoms with Crippen LogP contribution in [0, 0.1) is 0 Å². The predicted molar refractivity (Wildman–Crippen MR) is 63.6 cm³/mol. The number of aryl methyl sites for hydroxylation is 1. The van der Waals surface area contributed by atoms with Crippen LogP contribution in [0.2, 0.25) is 0 Å². The van der Waals surface area contributed by atoms with Gasteiger partial charge in [0, 0.05) is 26.0 Å². The molecule has 0 aliphatic heterocycles. The van der Waals surface area contributed by atoms with Gasteiger partial charge in [0.2, 0.25) is 0 Å². The fourth-order valence-corrected chi connectivity index (χ4v) is 1.52. The first-order valence-corrected chi connectivity index (χ1v) is 5.39. The summed E-state index contributed by atoms with van der Waals surface area (Å²) in [7, 11) is 1.94. The van der Waals surface area contributed by atoms with Crippen molar-refractivity contribution in [3.05, 3.63) is 42.4 Å². The molecule has 0 saturated heterocycles. The number of aromatic nitrogens is 2. The number of alkyl halides is 2. The molecule has 2 heterocycles. The van der Waals surface area contributed by atoms with Gasteiger partial charge in [-0.2, -0.15) is 8.78 Å². The van der Waals surface area contributed by atoms with Crippen molar-refractivity contribution in [2.75, 3.05) is 5.32 Å². The number of nitrogens with zero attached hydrogens (tertiary/aromatic N) is 2. The summed E-state index contributed by atoms with van der Waals surface area (Å²) in [6, 6.07) is 5.04. The molecular formula is C12H13F2N3O. The van der Waals surface area contributed by atoms with Crippen LogP contribution in [0.5, 0.6) is 5.75 Å². The van der Waals surface area contributed by atoms with Gasteiger partial charge in [0.25, 0.3) is 0 Å². The number of hydrogen-bond acceptors (Lipinski definition) is 3. The third-order valence-corrected chi connectivity index (χ3v) is 2.33. The van der Waals surface area contributed by atoms with Crippen LogP contribution in [-0.2, 0) is 13.6 Å². The summed E-state index contributed by atoms with van der Waals surface area (Å²) < 4.78 is 30.0. The van der Waals surface area contributed by atoms with Crippen molar-refractivity contribution in [1.29, 1.82) is 0 Å². The van der Waals surface area contributed by atoms with Crippen LogP contribution < -0.4 is 10.1 Å². The smallest absolute Gasteiger partial charge is 0.387 e. The van der Waals surface area contributed by atoms with E-state index in [1.807, 2.05) is 30.1 Å². The first-order valence-electron chi connectivity index (χ1n) is 5.39. The Kier molecular flexibility index (Phi) is 3.76. The highest BCUT2D eigenvalue weighted by atomic mass is 19.3. The van der Waals surface area contributed by atoms with Gasteiger partial charge in [-0.3, -0.25) is 0 Å². The van der Waals surface area contributed by atoms with Crippen molar-refractivity contribution in [3.8, 4) is 5.75 Å². The summed E-state index contributed by atoms with van der Waals surface area (Å²) in [5.74, 6) is 0.663. The lowest BCUT2D eigenvalue weighted by atomic mass is 10.3. The molecule has 0 saturated carbocycles. The van der Waals surface area contributed by atoms with Crippen molar-refractivity contribution in [2.24, 2.45) is 7.05 Å². The zero-order chi connectivity index (χ0) is 13.0. The molecule has 0 amide bonds. The Balaban J connectivity index is 1.90. The average molecular weight is 253 g/mol. The Morgan fingerprint density at radius 1 is 1.39 bits per heavy atom. The largest absolute Gasteiger partial charge is 0.433 e. The molecule has 0 aliphatic rings. The number of pyridine rings is 1. The van der Waals surface area contributed by atoms with Crippen molar-refractivity contribution in [2.45, 2.75) is 13.2 Å². The van der Waals surface area contributed by atoms with E-state index >= 15 is 0 Å². The van der Waals surface area contributed by atoms with Gasteiger partial charge in [-0.25, -0.2) is 4.98 Å². The second kappa shape index (κ2) is 5.48. The molecule has 0 aliphatic carbocycles. The molecule has 0 bridgehead atoms. The van der Waals surface area contributed by atoms with Gasteiger partial charge in [0.05, 0.1) is 6.20 Å². The van der Waals surface area contributed by atoms with Gasteiger partial charge < -0.3 is 14.6 Å². The SMILES string of the molecule is Cn1ccc(CNc2ccc(OC(F)F)cn2)c1. The second-order valence-electron chi connectivity index (χ2n) is 3.80. The lowest BCUT2D eigenvalue weighted by Gasteiger charge is -2.06. The van der Waals surface area contributed by atoms with E-state index in [-0.39, 0.29) is 5.75 Å². The van der Waals surface area contributed by atoms with Crippen molar-refractivity contribution in [3.63, 3.8) is 0 Å². The summed E-state index contributed by atoms with van der Waals surface area (Å²) in [5.41, 5.74) is 1.12. The van der Waals surface area contributed by atoms with Crippen LogP contribution in [0.25, 0.3) is 0 Å². The Bertz CT molecular complexity index is 496. The quantitative estimate of drug-likeness (QED) is 0.890. The molecule has 96 valence electrons. The molecule has 2 aromatic rings. The molecule has 0 unspecified atom stereocenters. The molecule has 2 rings (SSSR count). The predicted octanol–water partition coefficient (Wildman–Crippen LogP) is 2.63. The van der Waals surface area contributed by atoms with E-state index in [0.717, 1.165) is 5.56 Å². The van der Waals surface area contributed by atoms with E-state index in [2.05, 4.69) is 15.0 Å². The third kappa shape index (κ3) is 3.44. The van der Waals surface area contributed by atoms with Crippen molar-refractivity contribution < 1.29 is 13.5 Å². The number of halogens is 2. The van der Waals surface area contributed by atoms with Gasteiger partial charge in [-0.05, 0) is 23.8 Å². The lowest BCUT2D eigenvalue weighted by molar-refractivity contribution is -0.0500. The van der Waals surface area contributed by atoms with Crippen molar-refractivity contribution in [1.82, 2.24) is 9.55 Å². The van der Waals surface area contributed by atoms with E-state index in [0.29, 0.717) is 12.4 Å². The van der Waals surface area contributed by atoms with E-state index in [4.69, 9.17) is 0 Å². The average Bonchev–Trinajstić information content (AvgIpc) is 2.74. The molecule has 4 nitrogen and oxygen atoms in total. The topological polar surface area (TPSA) is 39.1 Å². The molecule has 1 N–H and O–H groups in total. The Labute approximate surface area is 103 Å². The van der Waals surface area contributed by atoms with Gasteiger partial charge in [-0.1, -0.05) is 0 Å². The van der Waals surface area contributed by atoms with Crippen LogP contribution in [0.1, 0.15) is 5.56 Å². The molecule has 0 fully saturated rings. The number of anilines is 1. The molecule has 0 aromatic carbocycles. The zero-order valence-corrected chi connectivity index (χ0v) is 9.81. The van der Waals surface area contributed by atoms with Crippen LogP contribution >= 0.6 is 0 Å². The summed E-state index contributed by atoms with van der Waals surface area (Å²) in [6.45, 7) is -2.20. The fraction of sp³-hybridized carbons (Fsp3) is 0.250. The van der Waals surface area contributed by atoms with Gasteiger partial charge in [0.1, 0.15) is 11.6 Å². The van der Waals surface area contributed by atoms with Gasteiger partial charge in [0.15, 0.2) is 0 Å². The molecule has 0 atom stereocenters. The minimum absolute atomic E-state index is 0.0512. The second-order valence-corrected chi connectivity index (χ2v) is 3.80. The first-order chi connectivity index (χ1) is 8.63. The molecule has 18 heavy (non-hydrogen) atoms. The Morgan fingerprint density at radius 2 is 2.22 bits per heavy atom.